The van der Waals surface area contributed by atoms with E-state index in [-0.39, 0.29) is 76.0 Å². The van der Waals surface area contributed by atoms with Gasteiger partial charge in [0.25, 0.3) is 0 Å². The number of carbonyl (C=O) groups excluding carboxylic acids is 2. The Hall–Kier alpha value is -3.98. The number of nitrogens with one attached hydrogen (secondary N) is 3. The molecule has 4 fully saturated rings. The van der Waals surface area contributed by atoms with Gasteiger partial charge in [-0.1, -0.05) is 90.1 Å². The third-order valence-electron chi connectivity index (χ3n) is 17.4. The second-order valence-corrected chi connectivity index (χ2v) is 35.5. The van der Waals surface area contributed by atoms with E-state index in [2.05, 4.69) is 96.5 Å². The molecule has 1 aliphatic carbocycles. The number of quaternary nitrogens is 1. The summed E-state index contributed by atoms with van der Waals surface area (Å²) in [4.78, 5) is 46.4. The molecule has 12 nitrogen and oxygen atoms in total. The van der Waals surface area contributed by atoms with E-state index in [9.17, 15) is 14.4 Å². The molecule has 3 saturated heterocycles. The maximum Gasteiger partial charge on any atom is 0.348 e. The van der Waals surface area contributed by atoms with E-state index in [4.69, 9.17) is 23.1 Å². The van der Waals surface area contributed by atoms with Gasteiger partial charge in [0.1, 0.15) is 42.8 Å². The Morgan fingerprint density at radius 3 is 2.08 bits per heavy atom. The number of amides is 1. The number of morpholine rings is 1. The highest BCUT2D eigenvalue weighted by Crippen LogP contribution is 2.54. The van der Waals surface area contributed by atoms with Crippen molar-refractivity contribution in [3.63, 3.8) is 0 Å². The Morgan fingerprint density at radius 1 is 0.819 bits per heavy atom. The summed E-state index contributed by atoms with van der Waals surface area (Å²) < 4.78 is 34.5. The Bertz CT molecular complexity index is 2700. The van der Waals surface area contributed by atoms with Gasteiger partial charge in [-0.05, 0) is 102 Å². The molecule has 388 valence electrons. The molecule has 1 saturated carbocycles. The van der Waals surface area contributed by atoms with Crippen LogP contribution in [0.4, 0.5) is 0 Å². The van der Waals surface area contributed by atoms with Crippen LogP contribution in [0.5, 0.6) is 5.75 Å². The predicted octanol–water partition coefficient (Wildman–Crippen LogP) is 10.8. The molecule has 2 aromatic carbocycles. The Balaban J connectivity index is 0.826. The van der Waals surface area contributed by atoms with Crippen molar-refractivity contribution in [3.8, 4) is 5.75 Å². The zero-order valence-corrected chi connectivity index (χ0v) is 47.8. The molecule has 2 bridgehead atoms. The molecule has 3 N–H and O–H groups in total. The van der Waals surface area contributed by atoms with Crippen LogP contribution >= 0.6 is 22.7 Å². The highest BCUT2D eigenvalue weighted by Gasteiger charge is 2.72. The summed E-state index contributed by atoms with van der Waals surface area (Å²) >= 11 is 3.09. The van der Waals surface area contributed by atoms with Crippen LogP contribution in [-0.2, 0) is 40.1 Å². The predicted molar refractivity (Wildman–Crippen MR) is 293 cm³/mol. The van der Waals surface area contributed by atoms with E-state index in [0.29, 0.717) is 43.8 Å². The van der Waals surface area contributed by atoms with Crippen molar-refractivity contribution >= 4 is 62.1 Å². The lowest BCUT2D eigenvalue weighted by Crippen LogP contribution is -2.64. The molecule has 3 aliphatic heterocycles. The van der Waals surface area contributed by atoms with Gasteiger partial charge in [0.2, 0.25) is 17.1 Å². The van der Waals surface area contributed by atoms with Crippen molar-refractivity contribution in [1.82, 2.24) is 15.6 Å². The fourth-order valence-corrected chi connectivity index (χ4v) is 15.6. The molecular weight excluding hydrogens is 977 g/mol. The standard InChI is InChI=1S/C56H76N4O8S2Si2/c1-54(2,3)71(8,9)67-45(40-23-25-44(49-41(40)24-26-48(61)59-49)64-35-36-17-13-12-14-18-36)34-58-38-22-21-37(31-38)52(62)57-27-28-60(7)42-32-39(33-43(60)51-50(42)66-51)65-53(63)56(46-19-15-29-69-46,47-20-16-30-70-47)68-72(10,11)55(4,5)6/h12-20,23-26,29-30,37-39,42-43,45,50-51,58H,21-22,27-28,31-35H2,1-11H3,(H-,57,59,61,62)/p+1/t37-,38+,39?,42?,43?,45-,50?,51?,60?/m0/s1. The molecule has 4 unspecified atom stereocenters. The number of piperidine rings is 1. The SMILES string of the molecule is CC(C)(C)[Si](C)(C)O[C@@H](CN[C@@H]1CC[C@H](C(=O)NCC[N+]2(C)C3CC(OC(=O)C(O[Si](C)(C)C(C)(C)C)(c4cccs4)c4cccs4)CC2C2OC23)C1)c1ccc(OCc2ccccc2)c2[nH]c(=O)ccc12. The first-order chi connectivity index (χ1) is 34.0. The zero-order chi connectivity index (χ0) is 51.4. The van der Waals surface area contributed by atoms with Gasteiger partial charge in [-0.3, -0.25) is 9.59 Å². The number of aromatic amines is 1. The maximum absolute atomic E-state index is 15.0. The topological polar surface area (TPSA) is 141 Å². The third kappa shape index (κ3) is 10.5. The minimum atomic E-state index is -2.48. The number of thiophene rings is 2. The van der Waals surface area contributed by atoms with Crippen molar-refractivity contribution in [2.24, 2.45) is 5.92 Å². The number of nitrogens with zero attached hydrogens (tertiary/aromatic N) is 1. The number of hydrogen-bond donors (Lipinski definition) is 3. The molecule has 7 atom stereocenters. The number of benzene rings is 2. The van der Waals surface area contributed by atoms with Crippen LogP contribution in [0, 0.1) is 5.92 Å². The smallest absolute Gasteiger partial charge is 0.348 e. The van der Waals surface area contributed by atoms with Crippen LogP contribution in [0.1, 0.15) is 101 Å². The third-order valence-corrected chi connectivity index (χ3v) is 28.2. The average molecular weight is 1050 g/mol. The van der Waals surface area contributed by atoms with Crippen molar-refractivity contribution < 1.29 is 37.1 Å². The average Bonchev–Trinajstić information content (AvgIpc) is 3.78. The number of fused-ring (bicyclic) bond motifs is 6. The summed E-state index contributed by atoms with van der Waals surface area (Å²) in [5.41, 5.74) is 1.18. The van der Waals surface area contributed by atoms with Crippen LogP contribution < -0.4 is 20.9 Å². The van der Waals surface area contributed by atoms with Gasteiger partial charge in [-0.2, -0.15) is 0 Å². The van der Waals surface area contributed by atoms with Gasteiger partial charge < -0.3 is 43.2 Å². The Morgan fingerprint density at radius 2 is 1.47 bits per heavy atom. The number of rotatable bonds is 19. The summed E-state index contributed by atoms with van der Waals surface area (Å²) in [6.07, 6.45) is 3.59. The lowest BCUT2D eigenvalue weighted by molar-refractivity contribution is -0.955. The summed E-state index contributed by atoms with van der Waals surface area (Å²) in [6, 6.07) is 26.0. The second kappa shape index (κ2) is 20.3. The number of carbonyl (C=O) groups is 2. The van der Waals surface area contributed by atoms with Crippen LogP contribution in [0.2, 0.25) is 36.3 Å². The van der Waals surface area contributed by atoms with Crippen molar-refractivity contribution in [2.45, 2.75) is 165 Å². The molecular formula is C56H77N4O8S2Si2+. The molecule has 5 aromatic rings. The lowest BCUT2D eigenvalue weighted by atomic mass is 9.94. The quantitative estimate of drug-likeness (QED) is 0.0319. The van der Waals surface area contributed by atoms with Gasteiger partial charge in [0, 0.05) is 42.8 Å². The monoisotopic (exact) mass is 1050 g/mol. The molecule has 16 heteroatoms. The number of pyridine rings is 1. The minimum Gasteiger partial charge on any atom is -0.487 e. The molecule has 0 spiro atoms. The fraction of sp³-hybridized carbons (Fsp3) is 0.554. The highest BCUT2D eigenvalue weighted by molar-refractivity contribution is 7.12. The summed E-state index contributed by atoms with van der Waals surface area (Å²) in [6.45, 7) is 24.6. The summed E-state index contributed by atoms with van der Waals surface area (Å²) in [5, 5.41) is 12.0. The van der Waals surface area contributed by atoms with Crippen LogP contribution in [0.3, 0.4) is 0 Å². The van der Waals surface area contributed by atoms with Gasteiger partial charge in [-0.15, -0.1) is 22.7 Å². The molecule has 9 rings (SSSR count). The van der Waals surface area contributed by atoms with Crippen molar-refractivity contribution in [2.75, 3.05) is 26.7 Å². The van der Waals surface area contributed by atoms with E-state index < -0.39 is 22.2 Å². The number of esters is 1. The van der Waals surface area contributed by atoms with E-state index in [0.717, 1.165) is 56.6 Å². The minimum absolute atomic E-state index is 0.0268. The van der Waals surface area contributed by atoms with Gasteiger partial charge in [-0.25, -0.2) is 4.79 Å². The number of ether oxygens (including phenoxy) is 3. The largest absolute Gasteiger partial charge is 0.487 e. The molecule has 6 heterocycles. The van der Waals surface area contributed by atoms with Gasteiger partial charge >= 0.3 is 5.97 Å². The maximum atomic E-state index is 15.0. The molecule has 1 amide bonds. The molecule has 72 heavy (non-hydrogen) atoms. The van der Waals surface area contributed by atoms with E-state index in [1.54, 1.807) is 28.7 Å². The second-order valence-electron chi connectivity index (χ2n) is 24.1. The number of likely N-dealkylation sites (N-methyl/N-ethyl adjacent to an activating group) is 1. The molecule has 3 aromatic heterocycles. The first kappa shape index (κ1) is 52.9. The number of hydrogen-bond acceptors (Lipinski definition) is 11. The van der Waals surface area contributed by atoms with Gasteiger partial charge in [0.05, 0.1) is 41.5 Å². The normalized spacial score (nSPS) is 25.8. The number of H-pyrrole nitrogens is 1. The van der Waals surface area contributed by atoms with Crippen molar-refractivity contribution in [3.05, 3.63) is 121 Å². The van der Waals surface area contributed by atoms with Crippen LogP contribution in [0.15, 0.2) is 94.4 Å². The van der Waals surface area contributed by atoms with Crippen LogP contribution in [0.25, 0.3) is 10.9 Å². The van der Waals surface area contributed by atoms with Crippen LogP contribution in [-0.4, -0.2) is 101 Å². The fourth-order valence-electron chi connectivity index (χ4n) is 11.1. The Labute approximate surface area is 436 Å². The van der Waals surface area contributed by atoms with E-state index in [1.807, 2.05) is 77.5 Å². The number of aromatic nitrogens is 1. The van der Waals surface area contributed by atoms with E-state index >= 15 is 0 Å². The Kier molecular flexibility index (Phi) is 14.9. The van der Waals surface area contributed by atoms with Crippen molar-refractivity contribution in [1.29, 1.82) is 0 Å². The zero-order valence-electron chi connectivity index (χ0n) is 44.2. The molecule has 4 aliphatic rings. The lowest BCUT2D eigenvalue weighted by Gasteiger charge is -2.49. The summed E-state index contributed by atoms with van der Waals surface area (Å²) in [7, 11) is -2.45. The molecule has 0 radical (unpaired) electrons. The summed E-state index contributed by atoms with van der Waals surface area (Å²) in [5.74, 6) is 0.317. The number of epoxide rings is 1. The first-order valence-corrected chi connectivity index (χ1v) is 33.6. The first-order valence-electron chi connectivity index (χ1n) is 26.0. The van der Waals surface area contributed by atoms with E-state index in [1.165, 1.54) is 0 Å². The highest BCUT2D eigenvalue weighted by atomic mass is 32.1. The van der Waals surface area contributed by atoms with Gasteiger partial charge in [0.15, 0.2) is 16.6 Å².